The zero-order valence-corrected chi connectivity index (χ0v) is 12.5. The maximum absolute atomic E-state index is 14.1. The fourth-order valence-corrected chi connectivity index (χ4v) is 2.57. The van der Waals surface area contributed by atoms with Crippen molar-refractivity contribution in [1.29, 1.82) is 0 Å². The third kappa shape index (κ3) is 3.34. The second-order valence-corrected chi connectivity index (χ2v) is 5.23. The van der Waals surface area contributed by atoms with Crippen LogP contribution in [-0.2, 0) is 13.0 Å². The summed E-state index contributed by atoms with van der Waals surface area (Å²) < 4.78 is 15.7. The van der Waals surface area contributed by atoms with E-state index in [0.717, 1.165) is 12.8 Å². The third-order valence-corrected chi connectivity index (χ3v) is 3.68. The molecule has 3 aromatic rings. The number of rotatable bonds is 6. The molecule has 0 saturated carbocycles. The van der Waals surface area contributed by atoms with Crippen molar-refractivity contribution in [3.63, 3.8) is 0 Å². The van der Waals surface area contributed by atoms with Crippen LogP contribution in [0.2, 0.25) is 0 Å². The number of nitrogens with zero attached hydrogens (tertiary/aromatic N) is 3. The summed E-state index contributed by atoms with van der Waals surface area (Å²) in [6, 6.07) is 16.5. The highest BCUT2D eigenvalue weighted by Gasteiger charge is 2.17. The summed E-state index contributed by atoms with van der Waals surface area (Å²) >= 11 is 0. The molecule has 1 aromatic heterocycles. The van der Waals surface area contributed by atoms with Crippen molar-refractivity contribution < 1.29 is 9.18 Å². The predicted molar refractivity (Wildman–Crippen MR) is 85.6 cm³/mol. The standard InChI is InChI=1S/C18H16FN3O/c19-16-11-5-4-10-15(16)18-17(13-23)20-21-22(18)12-6-9-14-7-2-1-3-8-14/h1-5,7-8,10-11,13H,6,9,12H2. The van der Waals surface area contributed by atoms with E-state index in [0.29, 0.717) is 24.1 Å². The van der Waals surface area contributed by atoms with Crippen molar-refractivity contribution >= 4 is 6.29 Å². The molecule has 1 heterocycles. The highest BCUT2D eigenvalue weighted by Crippen LogP contribution is 2.24. The van der Waals surface area contributed by atoms with Gasteiger partial charge in [-0.05, 0) is 30.5 Å². The number of hydrogen-bond acceptors (Lipinski definition) is 3. The second-order valence-electron chi connectivity index (χ2n) is 5.23. The van der Waals surface area contributed by atoms with Gasteiger partial charge in [-0.15, -0.1) is 5.10 Å². The van der Waals surface area contributed by atoms with Gasteiger partial charge in [0.05, 0.1) is 0 Å². The molecule has 5 heteroatoms. The summed E-state index contributed by atoms with van der Waals surface area (Å²) in [4.78, 5) is 11.2. The van der Waals surface area contributed by atoms with E-state index in [1.54, 1.807) is 22.9 Å². The van der Waals surface area contributed by atoms with Gasteiger partial charge < -0.3 is 0 Å². The molecule has 0 radical (unpaired) electrons. The molecule has 0 spiro atoms. The van der Waals surface area contributed by atoms with Crippen LogP contribution in [0, 0.1) is 5.82 Å². The summed E-state index contributed by atoms with van der Waals surface area (Å²) in [5.41, 5.74) is 2.18. The molecule has 0 atom stereocenters. The first-order chi connectivity index (χ1) is 11.3. The summed E-state index contributed by atoms with van der Waals surface area (Å²) in [6.45, 7) is 0.569. The minimum Gasteiger partial charge on any atom is -0.296 e. The van der Waals surface area contributed by atoms with E-state index >= 15 is 0 Å². The molecule has 2 aromatic carbocycles. The van der Waals surface area contributed by atoms with Crippen molar-refractivity contribution in [2.75, 3.05) is 0 Å². The lowest BCUT2D eigenvalue weighted by atomic mass is 10.1. The third-order valence-electron chi connectivity index (χ3n) is 3.68. The van der Waals surface area contributed by atoms with E-state index in [1.807, 2.05) is 18.2 Å². The Bertz CT molecular complexity index is 799. The maximum Gasteiger partial charge on any atom is 0.172 e. The Hall–Kier alpha value is -2.82. The van der Waals surface area contributed by atoms with Gasteiger partial charge in [0.15, 0.2) is 12.0 Å². The highest BCUT2D eigenvalue weighted by atomic mass is 19.1. The quantitative estimate of drug-likeness (QED) is 0.654. The fraction of sp³-hybridized carbons (Fsp3) is 0.167. The largest absolute Gasteiger partial charge is 0.296 e. The molecule has 4 nitrogen and oxygen atoms in total. The van der Waals surface area contributed by atoms with Gasteiger partial charge in [-0.2, -0.15) is 0 Å². The van der Waals surface area contributed by atoms with Gasteiger partial charge in [-0.1, -0.05) is 47.7 Å². The molecule has 0 unspecified atom stereocenters. The molecule has 0 aliphatic rings. The Labute approximate surface area is 133 Å². The first-order valence-corrected chi connectivity index (χ1v) is 7.47. The average molecular weight is 309 g/mol. The molecule has 3 rings (SSSR count). The number of benzene rings is 2. The van der Waals surface area contributed by atoms with E-state index in [1.165, 1.54) is 11.6 Å². The fourth-order valence-electron chi connectivity index (χ4n) is 2.57. The number of aryl methyl sites for hydroxylation is 2. The SMILES string of the molecule is O=Cc1nnn(CCCc2ccccc2)c1-c1ccccc1F. The predicted octanol–water partition coefficient (Wildman–Crippen LogP) is 3.53. The van der Waals surface area contributed by atoms with Crippen LogP contribution in [0.15, 0.2) is 54.6 Å². The first kappa shape index (κ1) is 15.1. The van der Waals surface area contributed by atoms with Crippen LogP contribution in [0.1, 0.15) is 22.5 Å². The molecule has 0 aliphatic carbocycles. The van der Waals surface area contributed by atoms with Crippen LogP contribution in [0.4, 0.5) is 4.39 Å². The normalized spacial score (nSPS) is 10.7. The van der Waals surface area contributed by atoms with E-state index in [9.17, 15) is 9.18 Å². The Morgan fingerprint density at radius 2 is 1.78 bits per heavy atom. The zero-order chi connectivity index (χ0) is 16.1. The maximum atomic E-state index is 14.1. The van der Waals surface area contributed by atoms with Crippen molar-refractivity contribution in [2.24, 2.45) is 0 Å². The van der Waals surface area contributed by atoms with Crippen LogP contribution in [0.3, 0.4) is 0 Å². The summed E-state index contributed by atoms with van der Waals surface area (Å²) in [5, 5.41) is 7.86. The molecule has 116 valence electrons. The van der Waals surface area contributed by atoms with Gasteiger partial charge in [0.25, 0.3) is 0 Å². The lowest BCUT2D eigenvalue weighted by Crippen LogP contribution is -2.05. The van der Waals surface area contributed by atoms with Gasteiger partial charge in [-0.25, -0.2) is 9.07 Å². The molecular formula is C18H16FN3O. The average Bonchev–Trinajstić information content (AvgIpc) is 2.99. The minimum atomic E-state index is -0.387. The van der Waals surface area contributed by atoms with Gasteiger partial charge in [0.1, 0.15) is 11.5 Å². The molecule has 0 saturated heterocycles. The molecule has 0 amide bonds. The summed E-state index contributed by atoms with van der Waals surface area (Å²) in [5.74, 6) is -0.387. The zero-order valence-electron chi connectivity index (χ0n) is 12.5. The lowest BCUT2D eigenvalue weighted by Gasteiger charge is -2.08. The Kier molecular flexibility index (Phi) is 4.57. The van der Waals surface area contributed by atoms with Gasteiger partial charge in [0.2, 0.25) is 0 Å². The molecule has 0 N–H and O–H groups in total. The van der Waals surface area contributed by atoms with E-state index in [2.05, 4.69) is 22.4 Å². The number of carbonyl (C=O) groups excluding carboxylic acids is 1. The Morgan fingerprint density at radius 3 is 2.52 bits per heavy atom. The number of carbonyl (C=O) groups is 1. The van der Waals surface area contributed by atoms with Crippen LogP contribution < -0.4 is 0 Å². The van der Waals surface area contributed by atoms with E-state index in [-0.39, 0.29) is 11.5 Å². The van der Waals surface area contributed by atoms with Gasteiger partial charge >= 0.3 is 0 Å². The van der Waals surface area contributed by atoms with Gasteiger partial charge in [0, 0.05) is 12.1 Å². The van der Waals surface area contributed by atoms with Crippen LogP contribution in [0.5, 0.6) is 0 Å². The Morgan fingerprint density at radius 1 is 1.04 bits per heavy atom. The van der Waals surface area contributed by atoms with E-state index < -0.39 is 0 Å². The number of halogens is 1. The minimum absolute atomic E-state index is 0.162. The Balaban J connectivity index is 1.82. The second kappa shape index (κ2) is 6.96. The number of aldehydes is 1. The molecular weight excluding hydrogens is 293 g/mol. The molecule has 0 aliphatic heterocycles. The van der Waals surface area contributed by atoms with Gasteiger partial charge in [-0.3, -0.25) is 4.79 Å². The molecule has 0 bridgehead atoms. The highest BCUT2D eigenvalue weighted by molar-refractivity contribution is 5.83. The van der Waals surface area contributed by atoms with E-state index in [4.69, 9.17) is 0 Å². The molecule has 0 fully saturated rings. The number of hydrogen-bond donors (Lipinski definition) is 0. The van der Waals surface area contributed by atoms with Crippen LogP contribution in [0.25, 0.3) is 11.3 Å². The van der Waals surface area contributed by atoms with Crippen molar-refractivity contribution in [2.45, 2.75) is 19.4 Å². The van der Waals surface area contributed by atoms with Crippen molar-refractivity contribution in [3.05, 3.63) is 71.7 Å². The number of aromatic nitrogens is 3. The summed E-state index contributed by atoms with van der Waals surface area (Å²) in [6.07, 6.45) is 2.32. The lowest BCUT2D eigenvalue weighted by molar-refractivity contribution is 0.111. The topological polar surface area (TPSA) is 47.8 Å². The smallest absolute Gasteiger partial charge is 0.172 e. The summed E-state index contributed by atoms with van der Waals surface area (Å²) in [7, 11) is 0. The van der Waals surface area contributed by atoms with Crippen molar-refractivity contribution in [1.82, 2.24) is 15.0 Å². The molecule has 23 heavy (non-hydrogen) atoms. The monoisotopic (exact) mass is 309 g/mol. The van der Waals surface area contributed by atoms with Crippen LogP contribution >= 0.6 is 0 Å². The first-order valence-electron chi connectivity index (χ1n) is 7.47. The van der Waals surface area contributed by atoms with Crippen LogP contribution in [-0.4, -0.2) is 21.3 Å². The van der Waals surface area contributed by atoms with Crippen molar-refractivity contribution in [3.8, 4) is 11.3 Å².